The molecule has 7 heteroatoms. The van der Waals surface area contributed by atoms with Gasteiger partial charge in [-0.3, -0.25) is 0 Å². The number of pyridine rings is 1. The lowest BCUT2D eigenvalue weighted by molar-refractivity contribution is 0.0237. The summed E-state index contributed by atoms with van der Waals surface area (Å²) in [5, 5.41) is 3.22. The molecule has 0 bridgehead atoms. The summed E-state index contributed by atoms with van der Waals surface area (Å²) < 4.78 is 11.2. The highest BCUT2D eigenvalue weighted by Gasteiger charge is 2.16. The molecule has 0 aliphatic carbocycles. The molecule has 1 fully saturated rings. The van der Waals surface area contributed by atoms with Crippen LogP contribution in [-0.2, 0) is 11.3 Å². The molecule has 3 heterocycles. The van der Waals surface area contributed by atoms with E-state index >= 15 is 0 Å². The van der Waals surface area contributed by atoms with Crippen molar-refractivity contribution in [1.82, 2.24) is 15.0 Å². The SMILES string of the molecule is Nc1ccc(CNc2cc(OC3CCOCC3)ncn2)cn1. The van der Waals surface area contributed by atoms with Crippen molar-refractivity contribution < 1.29 is 9.47 Å². The van der Waals surface area contributed by atoms with Gasteiger partial charge in [0.25, 0.3) is 0 Å². The summed E-state index contributed by atoms with van der Waals surface area (Å²) in [5.74, 6) is 1.81. The number of nitrogens with one attached hydrogen (secondary N) is 1. The maximum absolute atomic E-state index is 5.86. The summed E-state index contributed by atoms with van der Waals surface area (Å²) in [6.07, 6.45) is 5.19. The van der Waals surface area contributed by atoms with Gasteiger partial charge in [0.2, 0.25) is 5.88 Å². The van der Waals surface area contributed by atoms with Gasteiger partial charge in [0, 0.05) is 31.6 Å². The minimum Gasteiger partial charge on any atom is -0.474 e. The Morgan fingerprint density at radius 3 is 2.86 bits per heavy atom. The summed E-state index contributed by atoms with van der Waals surface area (Å²) in [5.41, 5.74) is 6.59. The molecule has 0 spiro atoms. The fraction of sp³-hybridized carbons (Fsp3) is 0.400. The monoisotopic (exact) mass is 301 g/mol. The number of nitrogens with zero attached hydrogens (tertiary/aromatic N) is 3. The largest absolute Gasteiger partial charge is 0.474 e. The van der Waals surface area contributed by atoms with Gasteiger partial charge in [-0.2, -0.15) is 0 Å². The Morgan fingerprint density at radius 1 is 1.23 bits per heavy atom. The normalized spacial score (nSPS) is 15.5. The van der Waals surface area contributed by atoms with E-state index in [0.29, 0.717) is 24.1 Å². The first kappa shape index (κ1) is 14.5. The van der Waals surface area contributed by atoms with Crippen molar-refractivity contribution in [2.75, 3.05) is 24.3 Å². The molecule has 7 nitrogen and oxygen atoms in total. The minimum atomic E-state index is 0.165. The third-order valence-corrected chi connectivity index (χ3v) is 3.42. The number of hydrogen-bond acceptors (Lipinski definition) is 7. The molecule has 1 saturated heterocycles. The van der Waals surface area contributed by atoms with Gasteiger partial charge < -0.3 is 20.5 Å². The van der Waals surface area contributed by atoms with Crippen LogP contribution in [0.1, 0.15) is 18.4 Å². The zero-order valence-electron chi connectivity index (χ0n) is 12.2. The molecule has 1 aliphatic heterocycles. The molecule has 0 atom stereocenters. The molecule has 1 aliphatic rings. The summed E-state index contributed by atoms with van der Waals surface area (Å²) in [6.45, 7) is 2.09. The van der Waals surface area contributed by atoms with Crippen molar-refractivity contribution in [3.05, 3.63) is 36.3 Å². The summed E-state index contributed by atoms with van der Waals surface area (Å²) in [6, 6.07) is 5.51. The van der Waals surface area contributed by atoms with E-state index in [2.05, 4.69) is 20.3 Å². The molecule has 0 saturated carbocycles. The molecule has 2 aromatic heterocycles. The number of rotatable bonds is 5. The van der Waals surface area contributed by atoms with Gasteiger partial charge in [-0.25, -0.2) is 15.0 Å². The van der Waals surface area contributed by atoms with Crippen LogP contribution >= 0.6 is 0 Å². The molecule has 3 N–H and O–H groups in total. The topological polar surface area (TPSA) is 95.2 Å². The van der Waals surface area contributed by atoms with Gasteiger partial charge in [0.05, 0.1) is 13.2 Å². The van der Waals surface area contributed by atoms with E-state index in [0.717, 1.165) is 31.6 Å². The summed E-state index contributed by atoms with van der Waals surface area (Å²) in [7, 11) is 0. The maximum atomic E-state index is 5.86. The van der Waals surface area contributed by atoms with E-state index in [-0.39, 0.29) is 6.10 Å². The number of ether oxygens (including phenoxy) is 2. The van der Waals surface area contributed by atoms with Gasteiger partial charge >= 0.3 is 0 Å². The fourth-order valence-corrected chi connectivity index (χ4v) is 2.20. The number of hydrogen-bond donors (Lipinski definition) is 2. The second kappa shape index (κ2) is 7.04. The van der Waals surface area contributed by atoms with Crippen LogP contribution in [-0.4, -0.2) is 34.3 Å². The lowest BCUT2D eigenvalue weighted by Crippen LogP contribution is -2.26. The minimum absolute atomic E-state index is 0.165. The molecular weight excluding hydrogens is 282 g/mol. The number of anilines is 2. The molecule has 0 unspecified atom stereocenters. The average Bonchev–Trinajstić information content (AvgIpc) is 2.56. The van der Waals surface area contributed by atoms with Crippen LogP contribution in [0.4, 0.5) is 11.6 Å². The van der Waals surface area contributed by atoms with Crippen LogP contribution < -0.4 is 15.8 Å². The van der Waals surface area contributed by atoms with Gasteiger partial charge in [0.1, 0.15) is 24.1 Å². The first-order valence-electron chi connectivity index (χ1n) is 7.30. The van der Waals surface area contributed by atoms with Crippen LogP contribution in [0.3, 0.4) is 0 Å². The van der Waals surface area contributed by atoms with E-state index in [1.807, 2.05) is 6.07 Å². The Balaban J connectivity index is 1.57. The van der Waals surface area contributed by atoms with Crippen LogP contribution in [0.5, 0.6) is 5.88 Å². The Bertz CT molecular complexity index is 599. The molecule has 3 rings (SSSR count). The van der Waals surface area contributed by atoms with Gasteiger partial charge in [-0.15, -0.1) is 0 Å². The van der Waals surface area contributed by atoms with E-state index < -0.39 is 0 Å². The second-order valence-corrected chi connectivity index (χ2v) is 5.12. The molecule has 2 aromatic rings. The first-order valence-corrected chi connectivity index (χ1v) is 7.30. The average molecular weight is 301 g/mol. The first-order chi connectivity index (χ1) is 10.8. The highest BCUT2D eigenvalue weighted by Crippen LogP contribution is 2.18. The van der Waals surface area contributed by atoms with Crippen LogP contribution in [0.15, 0.2) is 30.7 Å². The van der Waals surface area contributed by atoms with E-state index in [4.69, 9.17) is 15.2 Å². The van der Waals surface area contributed by atoms with Crippen molar-refractivity contribution in [1.29, 1.82) is 0 Å². The van der Waals surface area contributed by atoms with Crippen molar-refractivity contribution >= 4 is 11.6 Å². The van der Waals surface area contributed by atoms with E-state index in [1.54, 1.807) is 18.3 Å². The Hall–Kier alpha value is -2.41. The lowest BCUT2D eigenvalue weighted by Gasteiger charge is -2.22. The van der Waals surface area contributed by atoms with Gasteiger partial charge in [0.15, 0.2) is 0 Å². The van der Waals surface area contributed by atoms with Crippen molar-refractivity contribution in [3.63, 3.8) is 0 Å². The Morgan fingerprint density at radius 2 is 2.09 bits per heavy atom. The number of nitrogens with two attached hydrogens (primary N) is 1. The highest BCUT2D eigenvalue weighted by molar-refractivity contribution is 5.38. The fourth-order valence-electron chi connectivity index (χ4n) is 2.20. The van der Waals surface area contributed by atoms with E-state index in [1.165, 1.54) is 6.33 Å². The third kappa shape index (κ3) is 4.05. The molecule has 0 radical (unpaired) electrons. The molecular formula is C15H19N5O2. The van der Waals surface area contributed by atoms with Crippen molar-refractivity contribution in [2.24, 2.45) is 0 Å². The third-order valence-electron chi connectivity index (χ3n) is 3.42. The maximum Gasteiger partial charge on any atom is 0.218 e. The second-order valence-electron chi connectivity index (χ2n) is 5.12. The summed E-state index contributed by atoms with van der Waals surface area (Å²) >= 11 is 0. The molecule has 22 heavy (non-hydrogen) atoms. The molecule has 0 aromatic carbocycles. The Kier molecular flexibility index (Phi) is 4.65. The number of nitrogen functional groups attached to an aromatic ring is 1. The Labute approximate surface area is 128 Å². The van der Waals surface area contributed by atoms with Crippen molar-refractivity contribution in [2.45, 2.75) is 25.5 Å². The van der Waals surface area contributed by atoms with Crippen LogP contribution in [0.2, 0.25) is 0 Å². The standard InChI is InChI=1S/C15H19N5O2/c16-13-2-1-11(8-17-13)9-18-14-7-15(20-10-19-14)22-12-3-5-21-6-4-12/h1-2,7-8,10,12H,3-6,9H2,(H2,16,17)(H,18,19,20). The van der Waals surface area contributed by atoms with Gasteiger partial charge in [-0.05, 0) is 11.6 Å². The van der Waals surface area contributed by atoms with Crippen molar-refractivity contribution in [3.8, 4) is 5.88 Å². The quantitative estimate of drug-likeness (QED) is 0.866. The summed E-state index contributed by atoms with van der Waals surface area (Å²) in [4.78, 5) is 12.4. The highest BCUT2D eigenvalue weighted by atomic mass is 16.5. The van der Waals surface area contributed by atoms with Gasteiger partial charge in [-0.1, -0.05) is 6.07 Å². The predicted octanol–water partition coefficient (Wildman–Crippen LogP) is 1.62. The predicted molar refractivity (Wildman–Crippen MR) is 82.5 cm³/mol. The zero-order chi connectivity index (χ0) is 15.2. The molecule has 116 valence electrons. The smallest absolute Gasteiger partial charge is 0.218 e. The van der Waals surface area contributed by atoms with E-state index in [9.17, 15) is 0 Å². The lowest BCUT2D eigenvalue weighted by atomic mass is 10.2. The van der Waals surface area contributed by atoms with Crippen LogP contribution in [0, 0.1) is 0 Å². The van der Waals surface area contributed by atoms with Crippen LogP contribution in [0.25, 0.3) is 0 Å². The zero-order valence-corrected chi connectivity index (χ0v) is 12.2. The molecule has 0 amide bonds. The number of aromatic nitrogens is 3.